The van der Waals surface area contributed by atoms with E-state index in [0.29, 0.717) is 11.8 Å². The van der Waals surface area contributed by atoms with Crippen molar-refractivity contribution in [3.8, 4) is 17.2 Å². The second-order valence-corrected chi connectivity index (χ2v) is 7.22. The fourth-order valence-electron chi connectivity index (χ4n) is 4.17. The highest BCUT2D eigenvalue weighted by Gasteiger charge is 2.34. The van der Waals surface area contributed by atoms with Gasteiger partial charge in [0, 0.05) is 18.0 Å². The number of fused-ring (bicyclic) bond motifs is 4. The lowest BCUT2D eigenvalue weighted by atomic mass is 9.79. The molecule has 3 fully saturated rings. The van der Waals surface area contributed by atoms with E-state index in [0.717, 1.165) is 34.9 Å². The van der Waals surface area contributed by atoms with Crippen LogP contribution in [0.25, 0.3) is 22.6 Å². The number of hydrogen-bond donors (Lipinski definition) is 0. The van der Waals surface area contributed by atoms with Gasteiger partial charge in [0.2, 0.25) is 5.89 Å². The fourth-order valence-corrected chi connectivity index (χ4v) is 4.17. The van der Waals surface area contributed by atoms with Crippen molar-refractivity contribution in [2.24, 2.45) is 11.8 Å². The molecule has 0 saturated carbocycles. The van der Waals surface area contributed by atoms with E-state index in [1.54, 1.807) is 0 Å². The van der Waals surface area contributed by atoms with Crippen molar-refractivity contribution in [2.45, 2.75) is 12.8 Å². The molecule has 1 unspecified atom stereocenters. The van der Waals surface area contributed by atoms with Gasteiger partial charge in [-0.3, -0.25) is 0 Å². The van der Waals surface area contributed by atoms with Gasteiger partial charge in [-0.25, -0.2) is 4.98 Å². The van der Waals surface area contributed by atoms with E-state index in [1.165, 1.54) is 32.5 Å². The first-order valence-corrected chi connectivity index (χ1v) is 9.16. The standard InChI is InChI=1S/C21H22N2O2/c1-2-4-20-19(3-1)22-21(25-20)16-5-7-18(8-6-16)24-14-17-13-23-11-9-15(17)10-12-23/h1-8,15,17H,9-14H2. The average molecular weight is 334 g/mol. The Morgan fingerprint density at radius 1 is 1.04 bits per heavy atom. The van der Waals surface area contributed by atoms with Crippen LogP contribution in [0.3, 0.4) is 0 Å². The van der Waals surface area contributed by atoms with Crippen LogP contribution in [0.5, 0.6) is 5.75 Å². The molecule has 4 heterocycles. The smallest absolute Gasteiger partial charge is 0.227 e. The van der Waals surface area contributed by atoms with E-state index >= 15 is 0 Å². The number of ether oxygens (including phenoxy) is 1. The summed E-state index contributed by atoms with van der Waals surface area (Å²) in [4.78, 5) is 7.12. The van der Waals surface area contributed by atoms with Gasteiger partial charge < -0.3 is 14.1 Å². The Morgan fingerprint density at radius 3 is 2.56 bits per heavy atom. The maximum absolute atomic E-state index is 6.07. The summed E-state index contributed by atoms with van der Waals surface area (Å²) in [7, 11) is 0. The van der Waals surface area contributed by atoms with E-state index in [4.69, 9.17) is 9.15 Å². The first-order chi connectivity index (χ1) is 12.3. The van der Waals surface area contributed by atoms with Crippen molar-refractivity contribution >= 4 is 11.1 Å². The third-order valence-corrected chi connectivity index (χ3v) is 5.65. The molecule has 1 aromatic heterocycles. The maximum Gasteiger partial charge on any atom is 0.227 e. The van der Waals surface area contributed by atoms with Gasteiger partial charge in [0.05, 0.1) is 6.61 Å². The molecule has 3 aliphatic heterocycles. The topological polar surface area (TPSA) is 38.5 Å². The molecule has 0 radical (unpaired) electrons. The summed E-state index contributed by atoms with van der Waals surface area (Å²) in [6.07, 6.45) is 2.68. The molecule has 3 aliphatic rings. The van der Waals surface area contributed by atoms with Crippen molar-refractivity contribution < 1.29 is 9.15 Å². The van der Waals surface area contributed by atoms with Gasteiger partial charge >= 0.3 is 0 Å². The van der Waals surface area contributed by atoms with Crippen LogP contribution >= 0.6 is 0 Å². The van der Waals surface area contributed by atoms with Crippen LogP contribution in [-0.4, -0.2) is 36.1 Å². The van der Waals surface area contributed by atoms with E-state index < -0.39 is 0 Å². The Hall–Kier alpha value is -2.33. The number of piperidine rings is 3. The molecule has 0 spiro atoms. The molecular weight excluding hydrogens is 312 g/mol. The largest absolute Gasteiger partial charge is 0.493 e. The molecule has 2 bridgehead atoms. The number of aromatic nitrogens is 1. The van der Waals surface area contributed by atoms with Crippen LogP contribution < -0.4 is 4.74 Å². The second-order valence-electron chi connectivity index (χ2n) is 7.22. The van der Waals surface area contributed by atoms with Crippen molar-refractivity contribution in [1.29, 1.82) is 0 Å². The molecule has 2 aromatic carbocycles. The minimum Gasteiger partial charge on any atom is -0.493 e. The summed E-state index contributed by atoms with van der Waals surface area (Å²) in [6, 6.07) is 15.9. The van der Waals surface area contributed by atoms with E-state index in [2.05, 4.69) is 9.88 Å². The van der Waals surface area contributed by atoms with Crippen LogP contribution in [0.1, 0.15) is 12.8 Å². The summed E-state index contributed by atoms with van der Waals surface area (Å²) in [6.45, 7) is 4.58. The van der Waals surface area contributed by atoms with E-state index in [1.807, 2.05) is 48.5 Å². The highest BCUT2D eigenvalue weighted by Crippen LogP contribution is 2.33. The molecule has 4 heteroatoms. The highest BCUT2D eigenvalue weighted by molar-refractivity contribution is 5.76. The van der Waals surface area contributed by atoms with Gasteiger partial charge in [0.15, 0.2) is 5.58 Å². The Balaban J connectivity index is 1.27. The number of hydrogen-bond acceptors (Lipinski definition) is 4. The summed E-state index contributed by atoms with van der Waals surface area (Å²) in [5, 5.41) is 0. The predicted octanol–water partition coefficient (Wildman–Crippen LogP) is 4.22. The van der Waals surface area contributed by atoms with Gasteiger partial charge in [0.1, 0.15) is 11.3 Å². The zero-order chi connectivity index (χ0) is 16.6. The molecule has 6 rings (SSSR count). The molecule has 3 saturated heterocycles. The molecule has 0 amide bonds. The number of nitrogens with zero attached hydrogens (tertiary/aromatic N) is 2. The summed E-state index contributed by atoms with van der Waals surface area (Å²) < 4.78 is 11.9. The summed E-state index contributed by atoms with van der Waals surface area (Å²) in [5.74, 6) is 3.12. The van der Waals surface area contributed by atoms with Gasteiger partial charge in [-0.05, 0) is 68.2 Å². The van der Waals surface area contributed by atoms with E-state index in [-0.39, 0.29) is 0 Å². The maximum atomic E-state index is 6.07. The third kappa shape index (κ3) is 2.91. The van der Waals surface area contributed by atoms with Crippen LogP contribution in [0, 0.1) is 11.8 Å². The number of oxazole rings is 1. The Labute approximate surface area is 147 Å². The van der Waals surface area contributed by atoms with Crippen LogP contribution in [0.2, 0.25) is 0 Å². The van der Waals surface area contributed by atoms with Crippen LogP contribution in [0.15, 0.2) is 52.9 Å². The second kappa shape index (κ2) is 6.19. The SMILES string of the molecule is c1ccc2oc(-c3ccc(OCC4CN5CCC4CC5)cc3)nc2c1. The lowest BCUT2D eigenvalue weighted by molar-refractivity contribution is 0.0257. The third-order valence-electron chi connectivity index (χ3n) is 5.65. The zero-order valence-electron chi connectivity index (χ0n) is 14.2. The monoisotopic (exact) mass is 334 g/mol. The number of rotatable bonds is 4. The zero-order valence-corrected chi connectivity index (χ0v) is 14.2. The molecule has 0 aliphatic carbocycles. The molecular formula is C21H22N2O2. The van der Waals surface area contributed by atoms with Crippen molar-refractivity contribution in [3.63, 3.8) is 0 Å². The molecule has 25 heavy (non-hydrogen) atoms. The average Bonchev–Trinajstić information content (AvgIpc) is 3.12. The highest BCUT2D eigenvalue weighted by atomic mass is 16.5. The first-order valence-electron chi connectivity index (χ1n) is 9.16. The van der Waals surface area contributed by atoms with Crippen molar-refractivity contribution in [3.05, 3.63) is 48.5 Å². The van der Waals surface area contributed by atoms with Crippen molar-refractivity contribution in [2.75, 3.05) is 26.2 Å². The van der Waals surface area contributed by atoms with Gasteiger partial charge in [-0.1, -0.05) is 12.1 Å². The molecule has 0 N–H and O–H groups in total. The van der Waals surface area contributed by atoms with Crippen LogP contribution in [0.4, 0.5) is 0 Å². The molecule has 128 valence electrons. The number of para-hydroxylation sites is 2. The summed E-state index contributed by atoms with van der Waals surface area (Å²) in [5.41, 5.74) is 2.69. The molecule has 1 atom stereocenters. The Bertz CT molecular complexity index is 830. The lowest BCUT2D eigenvalue weighted by Gasteiger charge is -2.44. The molecule has 4 nitrogen and oxygen atoms in total. The lowest BCUT2D eigenvalue weighted by Crippen LogP contribution is -2.49. The van der Waals surface area contributed by atoms with Gasteiger partial charge in [-0.15, -0.1) is 0 Å². The van der Waals surface area contributed by atoms with E-state index in [9.17, 15) is 0 Å². The normalized spacial score (nSPS) is 25.4. The quantitative estimate of drug-likeness (QED) is 0.716. The van der Waals surface area contributed by atoms with Gasteiger partial charge in [-0.2, -0.15) is 0 Å². The minimum atomic E-state index is 0.658. The minimum absolute atomic E-state index is 0.658. The molecule has 3 aromatic rings. The summed E-state index contributed by atoms with van der Waals surface area (Å²) >= 11 is 0. The Morgan fingerprint density at radius 2 is 1.84 bits per heavy atom. The number of benzene rings is 2. The fraction of sp³-hybridized carbons (Fsp3) is 0.381. The van der Waals surface area contributed by atoms with Crippen LogP contribution in [-0.2, 0) is 0 Å². The predicted molar refractivity (Wildman–Crippen MR) is 97.6 cm³/mol. The Kier molecular flexibility index (Phi) is 3.71. The van der Waals surface area contributed by atoms with Crippen molar-refractivity contribution in [1.82, 2.24) is 9.88 Å². The van der Waals surface area contributed by atoms with Gasteiger partial charge in [0.25, 0.3) is 0 Å². The first kappa shape index (κ1) is 15.0.